The molecular weight excluding hydrogens is 653 g/mol. The van der Waals surface area contributed by atoms with Crippen molar-refractivity contribution in [1.29, 1.82) is 0 Å². The Bertz CT molecular complexity index is 2900. The van der Waals surface area contributed by atoms with E-state index in [9.17, 15) is 0 Å². The highest BCUT2D eigenvalue weighted by molar-refractivity contribution is 6.12. The van der Waals surface area contributed by atoms with Crippen LogP contribution in [0.15, 0.2) is 218 Å². The van der Waals surface area contributed by atoms with Crippen LogP contribution in [0, 0.1) is 0 Å². The summed E-state index contributed by atoms with van der Waals surface area (Å²) in [5, 5.41) is 4.91. The molecule has 0 aliphatic carbocycles. The lowest BCUT2D eigenvalue weighted by Gasteiger charge is -2.29. The SMILES string of the molecule is c1ccc(-c2ccc(N(c3ccc4c(c3)c3ccccc3n4-c3ccccc3)c3ccccc3-c3cccc4cccc(-c5ccccc5)c34)cc2)cc1. The zero-order valence-corrected chi connectivity index (χ0v) is 29.7. The molecule has 0 atom stereocenters. The number of anilines is 3. The average molecular weight is 689 g/mol. The fourth-order valence-corrected chi connectivity index (χ4v) is 8.14. The summed E-state index contributed by atoms with van der Waals surface area (Å²) in [5.74, 6) is 0. The molecule has 2 heteroatoms. The molecule has 10 rings (SSSR count). The molecule has 0 bridgehead atoms. The molecule has 0 spiro atoms. The van der Waals surface area contributed by atoms with Crippen molar-refractivity contribution in [3.8, 4) is 39.1 Å². The minimum atomic E-state index is 1.09. The number of benzene rings is 9. The summed E-state index contributed by atoms with van der Waals surface area (Å²) in [6.45, 7) is 0. The van der Waals surface area contributed by atoms with Gasteiger partial charge in [0, 0.05) is 33.4 Å². The van der Waals surface area contributed by atoms with Gasteiger partial charge in [-0.05, 0) is 93.2 Å². The van der Waals surface area contributed by atoms with Gasteiger partial charge in [-0.2, -0.15) is 0 Å². The van der Waals surface area contributed by atoms with Gasteiger partial charge in [-0.15, -0.1) is 0 Å². The van der Waals surface area contributed by atoms with Crippen LogP contribution in [-0.2, 0) is 0 Å². The maximum Gasteiger partial charge on any atom is 0.0542 e. The third-order valence-corrected chi connectivity index (χ3v) is 10.6. The molecule has 254 valence electrons. The second-order valence-corrected chi connectivity index (χ2v) is 13.7. The first-order valence-corrected chi connectivity index (χ1v) is 18.5. The van der Waals surface area contributed by atoms with Gasteiger partial charge in [-0.1, -0.05) is 164 Å². The van der Waals surface area contributed by atoms with Crippen molar-refractivity contribution in [3.63, 3.8) is 0 Å². The fourth-order valence-electron chi connectivity index (χ4n) is 8.14. The van der Waals surface area contributed by atoms with E-state index >= 15 is 0 Å². The molecule has 9 aromatic carbocycles. The van der Waals surface area contributed by atoms with Crippen LogP contribution < -0.4 is 4.90 Å². The molecule has 0 radical (unpaired) electrons. The van der Waals surface area contributed by atoms with E-state index in [0.717, 1.165) is 22.7 Å². The Morgan fingerprint density at radius 2 is 0.889 bits per heavy atom. The van der Waals surface area contributed by atoms with Crippen LogP contribution in [0.2, 0.25) is 0 Å². The first kappa shape index (κ1) is 31.6. The first-order valence-electron chi connectivity index (χ1n) is 18.5. The van der Waals surface area contributed by atoms with Crippen molar-refractivity contribution >= 4 is 49.6 Å². The lowest BCUT2D eigenvalue weighted by molar-refractivity contribution is 1.18. The van der Waals surface area contributed by atoms with Crippen molar-refractivity contribution in [3.05, 3.63) is 218 Å². The maximum absolute atomic E-state index is 2.43. The smallest absolute Gasteiger partial charge is 0.0542 e. The number of hydrogen-bond acceptors (Lipinski definition) is 1. The normalized spacial score (nSPS) is 11.3. The van der Waals surface area contributed by atoms with Crippen LogP contribution in [0.25, 0.3) is 71.6 Å². The second-order valence-electron chi connectivity index (χ2n) is 13.7. The number of aromatic nitrogens is 1. The Morgan fingerprint density at radius 1 is 0.333 bits per heavy atom. The molecule has 10 aromatic rings. The second kappa shape index (κ2) is 13.4. The van der Waals surface area contributed by atoms with Crippen molar-refractivity contribution < 1.29 is 0 Å². The van der Waals surface area contributed by atoms with E-state index in [1.165, 1.54) is 66.0 Å². The summed E-state index contributed by atoms with van der Waals surface area (Å²) in [7, 11) is 0. The van der Waals surface area contributed by atoms with Crippen LogP contribution in [0.1, 0.15) is 0 Å². The first-order chi connectivity index (χ1) is 26.8. The third kappa shape index (κ3) is 5.44. The van der Waals surface area contributed by atoms with Crippen LogP contribution in [0.3, 0.4) is 0 Å². The zero-order chi connectivity index (χ0) is 35.8. The van der Waals surface area contributed by atoms with Gasteiger partial charge >= 0.3 is 0 Å². The van der Waals surface area contributed by atoms with E-state index in [4.69, 9.17) is 0 Å². The molecule has 0 saturated carbocycles. The molecule has 1 heterocycles. The van der Waals surface area contributed by atoms with Crippen LogP contribution in [-0.4, -0.2) is 4.57 Å². The highest BCUT2D eigenvalue weighted by Gasteiger charge is 2.21. The number of hydrogen-bond donors (Lipinski definition) is 0. The molecule has 54 heavy (non-hydrogen) atoms. The Labute approximate surface area is 315 Å². The predicted molar refractivity (Wildman–Crippen MR) is 229 cm³/mol. The molecule has 0 saturated heterocycles. The standard InChI is InChI=1S/C52H36N2/c1-4-16-37(17-5-1)38-30-32-42(33-31-38)53(43-34-35-51-48(36-43)46-25-11-13-29-50(46)54(51)41-22-8-3-9-23-41)49-28-12-10-24-45(49)47-27-15-21-40-20-14-26-44(52(40)47)39-18-6-2-7-19-39/h1-36H. The molecule has 2 nitrogen and oxygen atoms in total. The zero-order valence-electron chi connectivity index (χ0n) is 29.7. The molecular formula is C52H36N2. The van der Waals surface area contributed by atoms with Gasteiger partial charge in [-0.25, -0.2) is 0 Å². The quantitative estimate of drug-likeness (QED) is 0.162. The van der Waals surface area contributed by atoms with Crippen molar-refractivity contribution in [1.82, 2.24) is 4.57 Å². The summed E-state index contributed by atoms with van der Waals surface area (Å²) in [5.41, 5.74) is 14.0. The van der Waals surface area contributed by atoms with E-state index in [2.05, 4.69) is 228 Å². The summed E-state index contributed by atoms with van der Waals surface area (Å²) in [4.78, 5) is 2.43. The summed E-state index contributed by atoms with van der Waals surface area (Å²) in [6, 6.07) is 78.9. The summed E-state index contributed by atoms with van der Waals surface area (Å²) < 4.78 is 2.38. The monoisotopic (exact) mass is 688 g/mol. The van der Waals surface area contributed by atoms with Crippen LogP contribution in [0.5, 0.6) is 0 Å². The van der Waals surface area contributed by atoms with E-state index in [1.807, 2.05) is 0 Å². The maximum atomic E-state index is 2.43. The van der Waals surface area contributed by atoms with Gasteiger partial charge in [0.1, 0.15) is 0 Å². The van der Waals surface area contributed by atoms with Gasteiger partial charge < -0.3 is 9.47 Å². The lowest BCUT2D eigenvalue weighted by Crippen LogP contribution is -2.11. The molecule has 0 N–H and O–H groups in total. The van der Waals surface area contributed by atoms with Gasteiger partial charge in [0.15, 0.2) is 0 Å². The van der Waals surface area contributed by atoms with Gasteiger partial charge in [-0.3, -0.25) is 0 Å². The Hall–Kier alpha value is -7.16. The Balaban J connectivity index is 1.22. The van der Waals surface area contributed by atoms with Crippen molar-refractivity contribution in [2.24, 2.45) is 0 Å². The van der Waals surface area contributed by atoms with Gasteiger partial charge in [0.25, 0.3) is 0 Å². The van der Waals surface area contributed by atoms with Crippen LogP contribution in [0.4, 0.5) is 17.1 Å². The number of para-hydroxylation sites is 3. The van der Waals surface area contributed by atoms with E-state index in [-0.39, 0.29) is 0 Å². The number of rotatable bonds is 7. The molecule has 0 aliphatic rings. The predicted octanol–water partition coefficient (Wildman–Crippen LogP) is 14.4. The van der Waals surface area contributed by atoms with Gasteiger partial charge in [0.05, 0.1) is 16.7 Å². The van der Waals surface area contributed by atoms with Gasteiger partial charge in [0.2, 0.25) is 0 Å². The van der Waals surface area contributed by atoms with E-state index < -0.39 is 0 Å². The number of nitrogens with zero attached hydrogens (tertiary/aromatic N) is 2. The Kier molecular flexibility index (Phi) is 7.85. The molecule has 0 fully saturated rings. The van der Waals surface area contributed by atoms with E-state index in [0.29, 0.717) is 0 Å². The molecule has 1 aromatic heterocycles. The fraction of sp³-hybridized carbons (Fsp3) is 0. The van der Waals surface area contributed by atoms with Crippen molar-refractivity contribution in [2.45, 2.75) is 0 Å². The summed E-state index contributed by atoms with van der Waals surface area (Å²) in [6.07, 6.45) is 0. The molecule has 0 aliphatic heterocycles. The molecule has 0 unspecified atom stereocenters. The summed E-state index contributed by atoms with van der Waals surface area (Å²) >= 11 is 0. The average Bonchev–Trinajstić information content (AvgIpc) is 3.58. The third-order valence-electron chi connectivity index (χ3n) is 10.6. The Morgan fingerprint density at radius 3 is 1.65 bits per heavy atom. The highest BCUT2D eigenvalue weighted by atomic mass is 15.1. The topological polar surface area (TPSA) is 8.17 Å². The lowest BCUT2D eigenvalue weighted by atomic mass is 9.90. The van der Waals surface area contributed by atoms with E-state index in [1.54, 1.807) is 0 Å². The minimum absolute atomic E-state index is 1.09. The highest BCUT2D eigenvalue weighted by Crippen LogP contribution is 2.46. The van der Waals surface area contributed by atoms with Crippen LogP contribution >= 0.6 is 0 Å². The van der Waals surface area contributed by atoms with Crippen molar-refractivity contribution in [2.75, 3.05) is 4.90 Å². The minimum Gasteiger partial charge on any atom is -0.310 e. The largest absolute Gasteiger partial charge is 0.310 e. The molecule has 0 amide bonds. The number of fused-ring (bicyclic) bond motifs is 4.